The molecule has 7 nitrogen and oxygen atoms in total. The highest BCUT2D eigenvalue weighted by atomic mass is 16.5. The topological polar surface area (TPSA) is 101 Å². The second-order valence-corrected chi connectivity index (χ2v) is 4.85. The van der Waals surface area contributed by atoms with Gasteiger partial charge in [-0.05, 0) is 24.3 Å². The van der Waals surface area contributed by atoms with E-state index < -0.39 is 17.2 Å². The van der Waals surface area contributed by atoms with E-state index in [1.165, 1.54) is 19.2 Å². The lowest BCUT2D eigenvalue weighted by Crippen LogP contribution is -2.12. The van der Waals surface area contributed by atoms with Gasteiger partial charge in [0.15, 0.2) is 0 Å². The van der Waals surface area contributed by atoms with E-state index in [2.05, 4.69) is 10.2 Å². The van der Waals surface area contributed by atoms with Gasteiger partial charge in [0.1, 0.15) is 22.6 Å². The van der Waals surface area contributed by atoms with Crippen LogP contribution in [-0.2, 0) is 0 Å². The number of rotatable bonds is 4. The van der Waals surface area contributed by atoms with Gasteiger partial charge in [-0.2, -0.15) is 5.11 Å². The summed E-state index contributed by atoms with van der Waals surface area (Å²) in [4.78, 5) is 22.7. The Hall–Kier alpha value is -3.48. The Morgan fingerprint density at radius 1 is 1.12 bits per heavy atom. The van der Waals surface area contributed by atoms with Crippen molar-refractivity contribution >= 4 is 28.3 Å². The van der Waals surface area contributed by atoms with Crippen molar-refractivity contribution in [1.29, 1.82) is 0 Å². The molecule has 1 N–H and O–H groups in total. The molecular weight excluding hydrogens is 312 g/mol. The van der Waals surface area contributed by atoms with Crippen LogP contribution in [0.3, 0.4) is 0 Å². The molecular formula is C17H12N2O5. The first kappa shape index (κ1) is 15.4. The van der Waals surface area contributed by atoms with E-state index >= 15 is 0 Å². The number of ether oxygens (including phenoxy) is 1. The molecule has 24 heavy (non-hydrogen) atoms. The van der Waals surface area contributed by atoms with Crippen LogP contribution in [0.1, 0.15) is 10.4 Å². The molecule has 0 aliphatic carbocycles. The average molecular weight is 324 g/mol. The van der Waals surface area contributed by atoms with Crippen LogP contribution >= 0.6 is 0 Å². The molecule has 1 heterocycles. The van der Waals surface area contributed by atoms with Crippen molar-refractivity contribution in [2.75, 3.05) is 7.11 Å². The zero-order valence-electron chi connectivity index (χ0n) is 12.6. The number of carbonyl (C=O) groups is 1. The van der Waals surface area contributed by atoms with Gasteiger partial charge in [0.2, 0.25) is 0 Å². The summed E-state index contributed by atoms with van der Waals surface area (Å²) >= 11 is 0. The molecule has 2 aromatic carbocycles. The van der Waals surface area contributed by atoms with Crippen molar-refractivity contribution in [3.8, 4) is 5.75 Å². The van der Waals surface area contributed by atoms with E-state index in [1.807, 2.05) is 18.2 Å². The van der Waals surface area contributed by atoms with Gasteiger partial charge < -0.3 is 14.3 Å². The van der Waals surface area contributed by atoms with Gasteiger partial charge in [-0.15, -0.1) is 5.11 Å². The molecule has 0 amide bonds. The first-order chi connectivity index (χ1) is 11.6. The summed E-state index contributed by atoms with van der Waals surface area (Å²) in [5.74, 6) is -0.998. The number of benzene rings is 2. The summed E-state index contributed by atoms with van der Waals surface area (Å²) in [5.41, 5.74) is -0.112. The van der Waals surface area contributed by atoms with E-state index in [9.17, 15) is 9.59 Å². The molecule has 7 heteroatoms. The van der Waals surface area contributed by atoms with Gasteiger partial charge in [0, 0.05) is 11.5 Å². The molecule has 0 spiro atoms. The number of nitrogens with zero attached hydrogens (tertiary/aromatic N) is 2. The third kappa shape index (κ3) is 3.00. The number of azo groups is 1. The Kier molecular flexibility index (Phi) is 4.07. The lowest BCUT2D eigenvalue weighted by molar-refractivity contribution is 0.0692. The van der Waals surface area contributed by atoms with Crippen LogP contribution in [-0.4, -0.2) is 18.2 Å². The summed E-state index contributed by atoms with van der Waals surface area (Å²) in [7, 11) is 1.45. The van der Waals surface area contributed by atoms with Crippen LogP contribution in [0.25, 0.3) is 11.0 Å². The van der Waals surface area contributed by atoms with E-state index in [-0.39, 0.29) is 5.58 Å². The van der Waals surface area contributed by atoms with Gasteiger partial charge >= 0.3 is 11.6 Å². The zero-order chi connectivity index (χ0) is 17.1. The van der Waals surface area contributed by atoms with Crippen LogP contribution in [0, 0.1) is 0 Å². The predicted octanol–water partition coefficient (Wildman–Crippen LogP) is 3.92. The van der Waals surface area contributed by atoms with Crippen molar-refractivity contribution in [3.63, 3.8) is 0 Å². The fraction of sp³-hybridized carbons (Fsp3) is 0.0588. The monoisotopic (exact) mass is 324 g/mol. The van der Waals surface area contributed by atoms with E-state index in [1.54, 1.807) is 18.2 Å². The second-order valence-electron chi connectivity index (χ2n) is 4.85. The van der Waals surface area contributed by atoms with E-state index in [0.29, 0.717) is 22.5 Å². The molecule has 120 valence electrons. The van der Waals surface area contributed by atoms with E-state index in [4.69, 9.17) is 14.3 Å². The summed E-state index contributed by atoms with van der Waals surface area (Å²) in [5, 5.41) is 17.7. The molecule has 0 radical (unpaired) electrons. The van der Waals surface area contributed by atoms with Gasteiger partial charge in [0.25, 0.3) is 0 Å². The van der Waals surface area contributed by atoms with Crippen LogP contribution in [0.2, 0.25) is 0 Å². The molecule has 0 bridgehead atoms. The third-order valence-corrected chi connectivity index (χ3v) is 3.29. The highest BCUT2D eigenvalue weighted by Gasteiger charge is 2.14. The second kappa shape index (κ2) is 6.33. The first-order valence-corrected chi connectivity index (χ1v) is 6.94. The van der Waals surface area contributed by atoms with Crippen LogP contribution in [0.4, 0.5) is 11.4 Å². The zero-order valence-corrected chi connectivity index (χ0v) is 12.6. The lowest BCUT2D eigenvalue weighted by Gasteiger charge is -2.06. The maximum atomic E-state index is 11.6. The molecule has 0 saturated heterocycles. The Bertz CT molecular complexity index is 993. The number of carboxylic acid groups (broad SMARTS) is 1. The average Bonchev–Trinajstić information content (AvgIpc) is 2.59. The number of methoxy groups -OCH3 is 1. The maximum Gasteiger partial charge on any atom is 0.351 e. The highest BCUT2D eigenvalue weighted by molar-refractivity contribution is 5.93. The number of fused-ring (bicyclic) bond motifs is 1. The SMILES string of the molecule is COc1cc2oc(=O)c(C(=O)O)cc2cc1N=Nc1ccccc1. The first-order valence-electron chi connectivity index (χ1n) is 6.94. The molecule has 0 aliphatic heterocycles. The van der Waals surface area contributed by atoms with Gasteiger partial charge in [-0.25, -0.2) is 9.59 Å². The minimum absolute atomic E-state index is 0.209. The van der Waals surface area contributed by atoms with Crippen molar-refractivity contribution in [2.45, 2.75) is 0 Å². The van der Waals surface area contributed by atoms with E-state index in [0.717, 1.165) is 0 Å². The Morgan fingerprint density at radius 3 is 2.54 bits per heavy atom. The minimum atomic E-state index is -1.35. The number of carboxylic acids is 1. The third-order valence-electron chi connectivity index (χ3n) is 3.29. The molecule has 0 fully saturated rings. The molecule has 3 aromatic rings. The molecule has 0 saturated carbocycles. The fourth-order valence-corrected chi connectivity index (χ4v) is 2.13. The van der Waals surface area contributed by atoms with Crippen LogP contribution in [0.5, 0.6) is 5.75 Å². The standard InChI is InChI=1S/C17H12N2O5/c1-23-15-9-14-10(7-12(16(20)21)17(22)24-14)8-13(15)19-18-11-5-3-2-4-6-11/h2-9H,1H3,(H,20,21). The van der Waals surface area contributed by atoms with Crippen molar-refractivity contribution in [2.24, 2.45) is 10.2 Å². The van der Waals surface area contributed by atoms with Gasteiger partial charge in [-0.1, -0.05) is 18.2 Å². The molecule has 0 aliphatic rings. The smallest absolute Gasteiger partial charge is 0.351 e. The van der Waals surface area contributed by atoms with Crippen LogP contribution in [0.15, 0.2) is 68.0 Å². The lowest BCUT2D eigenvalue weighted by atomic mass is 10.1. The molecule has 1 aromatic heterocycles. The van der Waals surface area contributed by atoms with Crippen molar-refractivity contribution < 1.29 is 19.1 Å². The Balaban J connectivity index is 2.13. The van der Waals surface area contributed by atoms with Gasteiger partial charge in [0.05, 0.1) is 12.8 Å². The molecule has 0 atom stereocenters. The summed E-state index contributed by atoms with van der Waals surface area (Å²) in [6.45, 7) is 0. The van der Waals surface area contributed by atoms with Crippen LogP contribution < -0.4 is 10.4 Å². The molecule has 3 rings (SSSR count). The van der Waals surface area contributed by atoms with Crippen molar-refractivity contribution in [3.05, 3.63) is 64.5 Å². The minimum Gasteiger partial charge on any atom is -0.494 e. The number of hydrogen-bond donors (Lipinski definition) is 1. The Morgan fingerprint density at radius 2 is 1.88 bits per heavy atom. The number of hydrogen-bond acceptors (Lipinski definition) is 6. The quantitative estimate of drug-likeness (QED) is 0.579. The normalized spacial score (nSPS) is 11.0. The largest absolute Gasteiger partial charge is 0.494 e. The molecule has 0 unspecified atom stereocenters. The maximum absolute atomic E-state index is 11.6. The number of aromatic carboxylic acids is 1. The summed E-state index contributed by atoms with van der Waals surface area (Å²) in [6.07, 6.45) is 0. The van der Waals surface area contributed by atoms with Crippen molar-refractivity contribution in [1.82, 2.24) is 0 Å². The van der Waals surface area contributed by atoms with Gasteiger partial charge in [-0.3, -0.25) is 0 Å². The highest BCUT2D eigenvalue weighted by Crippen LogP contribution is 2.33. The summed E-state index contributed by atoms with van der Waals surface area (Å²) in [6, 6.07) is 13.4. The fourth-order valence-electron chi connectivity index (χ4n) is 2.13. The predicted molar refractivity (Wildman–Crippen MR) is 86.6 cm³/mol. The summed E-state index contributed by atoms with van der Waals surface area (Å²) < 4.78 is 10.3. The Labute approximate surface area is 135 Å².